The van der Waals surface area contributed by atoms with E-state index in [1.807, 2.05) is 30.3 Å². The smallest absolute Gasteiger partial charge is 0.282 e. The zero-order chi connectivity index (χ0) is 11.8. The highest BCUT2D eigenvalue weighted by atomic mass is 16.3. The SMILES string of the molecule is CC1(O)C(=O)NN(Cc2ccccc2)C1=O. The van der Waals surface area contributed by atoms with Crippen molar-refractivity contribution in [3.05, 3.63) is 35.9 Å². The minimum Gasteiger partial charge on any atom is -0.372 e. The van der Waals surface area contributed by atoms with Crippen molar-refractivity contribution in [1.82, 2.24) is 10.4 Å². The van der Waals surface area contributed by atoms with Crippen LogP contribution in [0.5, 0.6) is 0 Å². The summed E-state index contributed by atoms with van der Waals surface area (Å²) in [7, 11) is 0. The van der Waals surface area contributed by atoms with E-state index in [1.54, 1.807) is 0 Å². The standard InChI is InChI=1S/C11H12N2O3/c1-11(16)9(14)12-13(10(11)15)7-8-5-3-2-4-6-8/h2-6,16H,7H2,1H3,(H,12,14). The molecule has 1 aliphatic heterocycles. The number of aliphatic hydroxyl groups is 1. The van der Waals surface area contributed by atoms with Gasteiger partial charge in [0.25, 0.3) is 11.8 Å². The third-order valence-corrected chi connectivity index (χ3v) is 2.52. The fourth-order valence-corrected chi connectivity index (χ4v) is 1.52. The van der Waals surface area contributed by atoms with Crippen LogP contribution in [-0.2, 0) is 16.1 Å². The predicted molar refractivity (Wildman–Crippen MR) is 55.8 cm³/mol. The first-order valence-corrected chi connectivity index (χ1v) is 4.91. The molecule has 1 aromatic rings. The molecule has 0 spiro atoms. The molecule has 84 valence electrons. The quantitative estimate of drug-likeness (QED) is 0.679. The summed E-state index contributed by atoms with van der Waals surface area (Å²) in [5, 5.41) is 10.7. The van der Waals surface area contributed by atoms with Crippen molar-refractivity contribution in [1.29, 1.82) is 0 Å². The lowest BCUT2D eigenvalue weighted by Gasteiger charge is -2.15. The van der Waals surface area contributed by atoms with E-state index in [2.05, 4.69) is 5.43 Å². The summed E-state index contributed by atoms with van der Waals surface area (Å²) in [5.74, 6) is -1.31. The van der Waals surface area contributed by atoms with Gasteiger partial charge in [0, 0.05) is 0 Å². The number of carbonyl (C=O) groups excluding carboxylic acids is 2. The molecular formula is C11H12N2O3. The third-order valence-electron chi connectivity index (χ3n) is 2.52. The molecule has 2 rings (SSSR count). The number of hydrazine groups is 1. The number of carbonyl (C=O) groups is 2. The van der Waals surface area contributed by atoms with Gasteiger partial charge in [0.15, 0.2) is 0 Å². The number of nitrogens with one attached hydrogen (secondary N) is 1. The van der Waals surface area contributed by atoms with E-state index in [1.165, 1.54) is 6.92 Å². The first kappa shape index (κ1) is 10.6. The maximum atomic E-state index is 11.6. The Bertz CT molecular complexity index is 428. The lowest BCUT2D eigenvalue weighted by Crippen LogP contribution is -2.40. The summed E-state index contributed by atoms with van der Waals surface area (Å²) in [5.41, 5.74) is 1.27. The number of amides is 2. The van der Waals surface area contributed by atoms with Crippen LogP contribution in [0.2, 0.25) is 0 Å². The molecule has 0 aliphatic carbocycles. The minimum absolute atomic E-state index is 0.252. The molecule has 1 aliphatic rings. The average molecular weight is 220 g/mol. The molecule has 0 radical (unpaired) electrons. The van der Waals surface area contributed by atoms with E-state index < -0.39 is 17.4 Å². The Morgan fingerprint density at radius 2 is 1.94 bits per heavy atom. The Balaban J connectivity index is 2.14. The molecule has 1 aromatic carbocycles. The van der Waals surface area contributed by atoms with Crippen molar-refractivity contribution in [3.8, 4) is 0 Å². The van der Waals surface area contributed by atoms with E-state index in [0.717, 1.165) is 10.6 Å². The van der Waals surface area contributed by atoms with Gasteiger partial charge in [-0.05, 0) is 12.5 Å². The second kappa shape index (κ2) is 3.61. The van der Waals surface area contributed by atoms with E-state index >= 15 is 0 Å². The van der Waals surface area contributed by atoms with Crippen LogP contribution in [-0.4, -0.2) is 27.5 Å². The lowest BCUT2D eigenvalue weighted by molar-refractivity contribution is -0.146. The lowest BCUT2D eigenvalue weighted by atomic mass is 10.1. The molecular weight excluding hydrogens is 208 g/mol. The molecule has 2 amide bonds. The predicted octanol–water partition coefficient (Wildman–Crippen LogP) is -0.189. The van der Waals surface area contributed by atoms with Gasteiger partial charge in [0.2, 0.25) is 5.60 Å². The molecule has 1 heterocycles. The normalized spacial score (nSPS) is 24.8. The zero-order valence-corrected chi connectivity index (χ0v) is 8.80. The first-order chi connectivity index (χ1) is 7.51. The van der Waals surface area contributed by atoms with Gasteiger partial charge in [-0.25, -0.2) is 5.01 Å². The van der Waals surface area contributed by atoms with Crippen LogP contribution in [0.15, 0.2) is 30.3 Å². The molecule has 2 N–H and O–H groups in total. The summed E-state index contributed by atoms with van der Waals surface area (Å²) in [4.78, 5) is 22.9. The molecule has 1 saturated heterocycles. The molecule has 1 atom stereocenters. The summed E-state index contributed by atoms with van der Waals surface area (Å²) >= 11 is 0. The van der Waals surface area contributed by atoms with Crippen LogP contribution in [0.3, 0.4) is 0 Å². The fraction of sp³-hybridized carbons (Fsp3) is 0.273. The maximum Gasteiger partial charge on any atom is 0.282 e. The molecule has 5 heteroatoms. The van der Waals surface area contributed by atoms with Gasteiger partial charge >= 0.3 is 0 Å². The van der Waals surface area contributed by atoms with Gasteiger partial charge in [-0.2, -0.15) is 0 Å². The highest BCUT2D eigenvalue weighted by Crippen LogP contribution is 2.17. The van der Waals surface area contributed by atoms with Crippen molar-refractivity contribution in [2.24, 2.45) is 0 Å². The summed E-state index contributed by atoms with van der Waals surface area (Å²) in [6.45, 7) is 1.44. The summed E-state index contributed by atoms with van der Waals surface area (Å²) < 4.78 is 0. The average Bonchev–Trinajstić information content (AvgIpc) is 2.45. The van der Waals surface area contributed by atoms with Crippen LogP contribution in [0.1, 0.15) is 12.5 Å². The number of nitrogens with zero attached hydrogens (tertiary/aromatic N) is 1. The Morgan fingerprint density at radius 1 is 1.31 bits per heavy atom. The van der Waals surface area contributed by atoms with Gasteiger partial charge in [0.1, 0.15) is 0 Å². The van der Waals surface area contributed by atoms with Crippen LogP contribution in [0, 0.1) is 0 Å². The molecule has 0 aromatic heterocycles. The Labute approximate surface area is 92.6 Å². The van der Waals surface area contributed by atoms with Gasteiger partial charge in [-0.1, -0.05) is 30.3 Å². The van der Waals surface area contributed by atoms with Gasteiger partial charge in [-0.15, -0.1) is 0 Å². The number of hydrogen-bond donors (Lipinski definition) is 2. The minimum atomic E-state index is -1.95. The van der Waals surface area contributed by atoms with Crippen LogP contribution in [0.4, 0.5) is 0 Å². The molecule has 1 unspecified atom stereocenters. The third kappa shape index (κ3) is 1.65. The zero-order valence-electron chi connectivity index (χ0n) is 8.80. The molecule has 0 saturated carbocycles. The van der Waals surface area contributed by atoms with E-state index in [4.69, 9.17) is 0 Å². The Kier molecular flexibility index (Phi) is 2.40. The van der Waals surface area contributed by atoms with Crippen molar-refractivity contribution in [3.63, 3.8) is 0 Å². The summed E-state index contributed by atoms with van der Waals surface area (Å²) in [6.07, 6.45) is 0. The maximum absolute atomic E-state index is 11.6. The van der Waals surface area contributed by atoms with Crippen LogP contribution in [0.25, 0.3) is 0 Å². The first-order valence-electron chi connectivity index (χ1n) is 4.91. The number of rotatable bonds is 2. The second-order valence-corrected chi connectivity index (χ2v) is 3.89. The highest BCUT2D eigenvalue weighted by molar-refractivity contribution is 6.12. The largest absolute Gasteiger partial charge is 0.372 e. The van der Waals surface area contributed by atoms with E-state index in [0.29, 0.717) is 0 Å². The topological polar surface area (TPSA) is 69.6 Å². The molecule has 1 fully saturated rings. The molecule has 5 nitrogen and oxygen atoms in total. The van der Waals surface area contributed by atoms with Crippen molar-refractivity contribution >= 4 is 11.8 Å². The van der Waals surface area contributed by atoms with Crippen LogP contribution >= 0.6 is 0 Å². The Hall–Kier alpha value is -1.88. The highest BCUT2D eigenvalue weighted by Gasteiger charge is 2.49. The fourth-order valence-electron chi connectivity index (χ4n) is 1.52. The second-order valence-electron chi connectivity index (χ2n) is 3.89. The monoisotopic (exact) mass is 220 g/mol. The van der Waals surface area contributed by atoms with Gasteiger partial charge in [0.05, 0.1) is 6.54 Å². The molecule has 0 bridgehead atoms. The molecule has 16 heavy (non-hydrogen) atoms. The summed E-state index contributed by atoms with van der Waals surface area (Å²) in [6, 6.07) is 9.23. The Morgan fingerprint density at radius 3 is 2.44 bits per heavy atom. The van der Waals surface area contributed by atoms with Gasteiger partial charge < -0.3 is 5.11 Å². The van der Waals surface area contributed by atoms with Gasteiger partial charge in [-0.3, -0.25) is 15.0 Å². The van der Waals surface area contributed by atoms with Crippen molar-refractivity contribution in [2.45, 2.75) is 19.1 Å². The number of hydrogen-bond acceptors (Lipinski definition) is 3. The van der Waals surface area contributed by atoms with E-state index in [-0.39, 0.29) is 6.54 Å². The van der Waals surface area contributed by atoms with Crippen LogP contribution < -0.4 is 5.43 Å². The number of benzene rings is 1. The van der Waals surface area contributed by atoms with Crippen molar-refractivity contribution in [2.75, 3.05) is 0 Å². The van der Waals surface area contributed by atoms with E-state index in [9.17, 15) is 14.7 Å². The van der Waals surface area contributed by atoms with Crippen molar-refractivity contribution < 1.29 is 14.7 Å².